The summed E-state index contributed by atoms with van der Waals surface area (Å²) in [4.78, 5) is 17.3. The lowest BCUT2D eigenvalue weighted by Gasteiger charge is -2.20. The molecule has 5 rings (SSSR count). The van der Waals surface area contributed by atoms with E-state index in [0.717, 1.165) is 40.2 Å². The number of Topliss-reactive ketones (excluding diaryl/α,β-unsaturated/α-hetero) is 1. The second-order valence-corrected chi connectivity index (χ2v) is 9.07. The number of halogens is 1. The summed E-state index contributed by atoms with van der Waals surface area (Å²) in [6.45, 7) is 2.17. The summed E-state index contributed by atoms with van der Waals surface area (Å²) in [7, 11) is 0. The SMILES string of the molecule is CC(CCC(=O)c1cnn(-c2nc3ccccc3s2)c1)[C@@H]1CCc2ccc(F)cc21. The highest BCUT2D eigenvalue weighted by atomic mass is 32.1. The number of carbonyl (C=O) groups is 1. The zero-order chi connectivity index (χ0) is 20.7. The fourth-order valence-corrected chi connectivity index (χ4v) is 5.33. The van der Waals surface area contributed by atoms with Crippen molar-refractivity contribution in [2.75, 3.05) is 0 Å². The fourth-order valence-electron chi connectivity index (χ4n) is 4.43. The summed E-state index contributed by atoms with van der Waals surface area (Å²) in [5.74, 6) is 0.572. The van der Waals surface area contributed by atoms with E-state index in [1.165, 1.54) is 5.56 Å². The number of thiazole rings is 1. The first-order valence-electron chi connectivity index (χ1n) is 10.3. The van der Waals surface area contributed by atoms with Gasteiger partial charge in [-0.15, -0.1) is 0 Å². The Balaban J connectivity index is 1.25. The molecule has 0 radical (unpaired) electrons. The Hall–Kier alpha value is -2.86. The molecule has 4 nitrogen and oxygen atoms in total. The molecule has 1 unspecified atom stereocenters. The first kappa shape index (κ1) is 19.1. The van der Waals surface area contributed by atoms with E-state index in [1.54, 1.807) is 40.5 Å². The number of benzene rings is 2. The predicted molar refractivity (Wildman–Crippen MR) is 117 cm³/mol. The van der Waals surface area contributed by atoms with Crippen LogP contribution in [0.4, 0.5) is 4.39 Å². The molecule has 2 aromatic heterocycles. The van der Waals surface area contributed by atoms with E-state index in [1.807, 2.05) is 30.3 Å². The molecule has 0 saturated carbocycles. The smallest absolute Gasteiger partial charge is 0.211 e. The molecule has 2 atom stereocenters. The second kappa shape index (κ2) is 7.76. The van der Waals surface area contributed by atoms with Crippen molar-refractivity contribution in [3.05, 3.63) is 77.4 Å². The Bertz CT molecular complexity index is 1200. The Morgan fingerprint density at radius 2 is 2.17 bits per heavy atom. The van der Waals surface area contributed by atoms with Crippen molar-refractivity contribution in [2.45, 2.75) is 38.5 Å². The molecule has 1 aliphatic carbocycles. The number of hydrogen-bond acceptors (Lipinski definition) is 4. The van der Waals surface area contributed by atoms with E-state index in [0.29, 0.717) is 23.8 Å². The molecule has 0 fully saturated rings. The number of hydrogen-bond donors (Lipinski definition) is 0. The Morgan fingerprint density at radius 3 is 3.03 bits per heavy atom. The minimum Gasteiger partial charge on any atom is -0.294 e. The number of aromatic nitrogens is 3. The number of para-hydroxylation sites is 1. The van der Waals surface area contributed by atoms with E-state index in [9.17, 15) is 9.18 Å². The average Bonchev–Trinajstić information content (AvgIpc) is 3.48. The highest BCUT2D eigenvalue weighted by Crippen LogP contribution is 2.40. The molecule has 1 aliphatic rings. The van der Waals surface area contributed by atoms with Crippen molar-refractivity contribution in [3.63, 3.8) is 0 Å². The Morgan fingerprint density at radius 1 is 1.30 bits per heavy atom. The molecule has 30 heavy (non-hydrogen) atoms. The van der Waals surface area contributed by atoms with Crippen LogP contribution in [0.5, 0.6) is 0 Å². The first-order valence-corrected chi connectivity index (χ1v) is 11.1. The maximum Gasteiger partial charge on any atom is 0.211 e. The minimum atomic E-state index is -0.175. The van der Waals surface area contributed by atoms with Gasteiger partial charge in [0.15, 0.2) is 5.78 Å². The molecule has 4 aromatic rings. The van der Waals surface area contributed by atoms with Gasteiger partial charge in [-0.25, -0.2) is 14.1 Å². The highest BCUT2D eigenvalue weighted by molar-refractivity contribution is 7.20. The summed E-state index contributed by atoms with van der Waals surface area (Å²) in [6, 6.07) is 13.1. The average molecular weight is 420 g/mol. The van der Waals surface area contributed by atoms with Gasteiger partial charge in [0.05, 0.1) is 22.0 Å². The Labute approximate surface area is 178 Å². The maximum absolute atomic E-state index is 13.7. The second-order valence-electron chi connectivity index (χ2n) is 8.07. The van der Waals surface area contributed by atoms with Gasteiger partial charge in [0.25, 0.3) is 0 Å². The van der Waals surface area contributed by atoms with E-state index in [2.05, 4.69) is 17.0 Å². The van der Waals surface area contributed by atoms with Crippen molar-refractivity contribution in [1.82, 2.24) is 14.8 Å². The van der Waals surface area contributed by atoms with Gasteiger partial charge in [0.2, 0.25) is 5.13 Å². The largest absolute Gasteiger partial charge is 0.294 e. The number of rotatable bonds is 6. The van der Waals surface area contributed by atoms with Gasteiger partial charge in [0.1, 0.15) is 5.82 Å². The van der Waals surface area contributed by atoms with Crippen molar-refractivity contribution >= 4 is 27.3 Å². The summed E-state index contributed by atoms with van der Waals surface area (Å²) < 4.78 is 16.4. The van der Waals surface area contributed by atoms with Crippen LogP contribution in [0.15, 0.2) is 54.9 Å². The van der Waals surface area contributed by atoms with Crippen LogP contribution >= 0.6 is 11.3 Å². The van der Waals surface area contributed by atoms with Crippen LogP contribution in [0.2, 0.25) is 0 Å². The molecular weight excluding hydrogens is 397 g/mol. The number of fused-ring (bicyclic) bond motifs is 2. The lowest BCUT2D eigenvalue weighted by Crippen LogP contribution is -2.10. The molecule has 2 aromatic carbocycles. The van der Waals surface area contributed by atoms with Gasteiger partial charge in [-0.1, -0.05) is 36.5 Å². The van der Waals surface area contributed by atoms with Crippen molar-refractivity contribution in [1.29, 1.82) is 0 Å². The lowest BCUT2D eigenvalue weighted by atomic mass is 9.85. The first-order chi connectivity index (χ1) is 14.6. The molecule has 2 heterocycles. The van der Waals surface area contributed by atoms with Gasteiger partial charge in [-0.05, 0) is 66.5 Å². The molecule has 0 amide bonds. The predicted octanol–water partition coefficient (Wildman–Crippen LogP) is 5.95. The Kier molecular flexibility index (Phi) is 4.95. The quantitative estimate of drug-likeness (QED) is 0.363. The topological polar surface area (TPSA) is 47.8 Å². The van der Waals surface area contributed by atoms with E-state index in [-0.39, 0.29) is 11.6 Å². The van der Waals surface area contributed by atoms with Crippen LogP contribution in [0.1, 0.15) is 53.6 Å². The number of nitrogens with zero attached hydrogens (tertiary/aromatic N) is 3. The molecule has 6 heteroatoms. The number of aryl methyl sites for hydroxylation is 1. The van der Waals surface area contributed by atoms with E-state index in [4.69, 9.17) is 0 Å². The van der Waals surface area contributed by atoms with Crippen molar-refractivity contribution in [3.8, 4) is 5.13 Å². The van der Waals surface area contributed by atoms with Gasteiger partial charge >= 0.3 is 0 Å². The molecule has 0 bridgehead atoms. The molecule has 0 spiro atoms. The van der Waals surface area contributed by atoms with Gasteiger partial charge < -0.3 is 0 Å². The zero-order valence-corrected chi connectivity index (χ0v) is 17.5. The van der Waals surface area contributed by atoms with Crippen molar-refractivity contribution in [2.24, 2.45) is 5.92 Å². The van der Waals surface area contributed by atoms with Crippen LogP contribution in [-0.4, -0.2) is 20.5 Å². The van der Waals surface area contributed by atoms with Gasteiger partial charge in [-0.2, -0.15) is 5.10 Å². The number of ketones is 1. The number of carbonyl (C=O) groups excluding carboxylic acids is 1. The monoisotopic (exact) mass is 419 g/mol. The van der Waals surface area contributed by atoms with E-state index < -0.39 is 0 Å². The van der Waals surface area contributed by atoms with Gasteiger partial charge in [-0.3, -0.25) is 4.79 Å². The van der Waals surface area contributed by atoms with Gasteiger partial charge in [0, 0.05) is 12.6 Å². The van der Waals surface area contributed by atoms with Crippen LogP contribution in [0, 0.1) is 11.7 Å². The zero-order valence-electron chi connectivity index (χ0n) is 16.7. The third-order valence-electron chi connectivity index (χ3n) is 6.13. The molecule has 0 saturated heterocycles. The lowest BCUT2D eigenvalue weighted by molar-refractivity contribution is 0.0972. The summed E-state index contributed by atoms with van der Waals surface area (Å²) >= 11 is 1.55. The standard InChI is InChI=1S/C24H22FN3OS/c1-15(19-10-8-16-7-9-18(25)12-20(16)19)6-11-22(29)17-13-26-28(14-17)24-27-21-4-2-3-5-23(21)30-24/h2-5,7,9,12-15,19H,6,8,10-11H2,1H3/t15?,19-/m0/s1. The summed E-state index contributed by atoms with van der Waals surface area (Å²) in [5.41, 5.74) is 3.91. The summed E-state index contributed by atoms with van der Waals surface area (Å²) in [6.07, 6.45) is 6.67. The van der Waals surface area contributed by atoms with Crippen LogP contribution < -0.4 is 0 Å². The summed E-state index contributed by atoms with van der Waals surface area (Å²) in [5, 5.41) is 5.11. The highest BCUT2D eigenvalue weighted by Gasteiger charge is 2.28. The third kappa shape index (κ3) is 3.56. The van der Waals surface area contributed by atoms with Crippen LogP contribution in [0.25, 0.3) is 15.3 Å². The maximum atomic E-state index is 13.7. The normalized spacial score (nSPS) is 16.7. The third-order valence-corrected chi connectivity index (χ3v) is 7.15. The molecule has 0 N–H and O–H groups in total. The van der Waals surface area contributed by atoms with Crippen LogP contribution in [-0.2, 0) is 6.42 Å². The molecular formula is C24H22FN3OS. The van der Waals surface area contributed by atoms with E-state index >= 15 is 0 Å². The van der Waals surface area contributed by atoms with Crippen molar-refractivity contribution < 1.29 is 9.18 Å². The molecule has 0 aliphatic heterocycles. The fraction of sp³-hybridized carbons (Fsp3) is 0.292. The minimum absolute atomic E-state index is 0.0895. The van der Waals surface area contributed by atoms with Crippen LogP contribution in [0.3, 0.4) is 0 Å². The molecule has 152 valence electrons.